The Morgan fingerprint density at radius 3 is 2.67 bits per heavy atom. The van der Waals surface area contributed by atoms with Crippen molar-refractivity contribution in [2.75, 3.05) is 24.7 Å². The molecule has 0 atom stereocenters. The molecular formula is C29H25FN4O5S. The fourth-order valence-corrected chi connectivity index (χ4v) is 5.91. The Hall–Kier alpha value is -4.38. The van der Waals surface area contributed by atoms with Gasteiger partial charge in [0.2, 0.25) is 10.0 Å². The number of nitrogens with one attached hydrogen (secondary N) is 1. The van der Waals surface area contributed by atoms with E-state index in [4.69, 9.17) is 14.1 Å². The Morgan fingerprint density at radius 1 is 1.15 bits per heavy atom. The van der Waals surface area contributed by atoms with E-state index in [0.717, 1.165) is 19.1 Å². The summed E-state index contributed by atoms with van der Waals surface area (Å²) in [6, 6.07) is 13.6. The van der Waals surface area contributed by atoms with Crippen LogP contribution in [-0.2, 0) is 16.8 Å². The van der Waals surface area contributed by atoms with E-state index in [1.807, 2.05) is 10.6 Å². The van der Waals surface area contributed by atoms with E-state index in [-0.39, 0.29) is 24.4 Å². The maximum atomic E-state index is 14.6. The van der Waals surface area contributed by atoms with E-state index in [0.29, 0.717) is 67.3 Å². The number of carbonyl (C=O) groups excluding carboxylic acids is 1. The third-order valence-corrected chi connectivity index (χ3v) is 8.88. The summed E-state index contributed by atoms with van der Waals surface area (Å²) in [5.41, 5.74) is 4.07. The molecule has 0 spiro atoms. The molecule has 1 fully saturated rings. The second kappa shape index (κ2) is 8.56. The Kier molecular flexibility index (Phi) is 5.27. The van der Waals surface area contributed by atoms with Gasteiger partial charge in [0.25, 0.3) is 5.91 Å². The largest absolute Gasteiger partial charge is 0.470 e. The molecule has 2 aliphatic rings. The highest BCUT2D eigenvalue weighted by Gasteiger charge is 2.34. The molecule has 11 heteroatoms. The van der Waals surface area contributed by atoms with Gasteiger partial charge in [0.05, 0.1) is 34.4 Å². The Morgan fingerprint density at radius 2 is 1.95 bits per heavy atom. The quantitative estimate of drug-likeness (QED) is 0.315. The fraction of sp³-hybridized carbons (Fsp3) is 0.241. The van der Waals surface area contributed by atoms with Gasteiger partial charge >= 0.3 is 0 Å². The first kappa shape index (κ1) is 24.6. The van der Waals surface area contributed by atoms with Crippen LogP contribution in [0.5, 0.6) is 5.75 Å². The van der Waals surface area contributed by atoms with Gasteiger partial charge in [-0.1, -0.05) is 6.07 Å². The molecule has 1 amide bonds. The first-order valence-corrected chi connectivity index (χ1v) is 14.7. The Bertz CT molecular complexity index is 1990. The molecule has 1 aliphatic heterocycles. The molecule has 0 unspecified atom stereocenters. The predicted molar refractivity (Wildman–Crippen MR) is 150 cm³/mol. The molecule has 1 aliphatic carbocycles. The molecule has 204 valence electrons. The predicted octanol–water partition coefficient (Wildman–Crippen LogP) is 5.24. The molecule has 5 aromatic rings. The molecule has 0 saturated heterocycles. The molecular weight excluding hydrogens is 535 g/mol. The normalized spacial score (nSPS) is 14.6. The second-order valence-corrected chi connectivity index (χ2v) is 12.3. The van der Waals surface area contributed by atoms with E-state index in [9.17, 15) is 17.6 Å². The summed E-state index contributed by atoms with van der Waals surface area (Å²) in [4.78, 5) is 17.9. The van der Waals surface area contributed by atoms with Crippen molar-refractivity contribution in [3.05, 3.63) is 65.7 Å². The van der Waals surface area contributed by atoms with Gasteiger partial charge in [0, 0.05) is 42.4 Å². The van der Waals surface area contributed by atoms with Crippen LogP contribution < -0.4 is 14.4 Å². The number of hydrogen-bond acceptors (Lipinski definition) is 6. The van der Waals surface area contributed by atoms with Crippen LogP contribution >= 0.6 is 0 Å². The van der Waals surface area contributed by atoms with Gasteiger partial charge in [-0.3, -0.25) is 9.10 Å². The SMILES string of the molecule is CNC(=O)c1c(C2CC2)oc2cc(N(C)S(C)(=O)=O)c(-c3ccc4c(n3)-c3cc5c(F)cccc5n3CO4)cc12. The third kappa shape index (κ3) is 3.68. The third-order valence-electron chi connectivity index (χ3n) is 7.69. The van der Waals surface area contributed by atoms with Crippen molar-refractivity contribution < 1.29 is 26.8 Å². The van der Waals surface area contributed by atoms with Gasteiger partial charge in [0.15, 0.2) is 6.73 Å². The van der Waals surface area contributed by atoms with Crippen LogP contribution in [0.2, 0.25) is 0 Å². The van der Waals surface area contributed by atoms with Crippen LogP contribution in [-0.4, -0.2) is 44.2 Å². The zero-order chi connectivity index (χ0) is 27.9. The number of hydrogen-bond donors (Lipinski definition) is 1. The monoisotopic (exact) mass is 560 g/mol. The number of fused-ring (bicyclic) bond motifs is 6. The number of sulfonamides is 1. The van der Waals surface area contributed by atoms with Gasteiger partial charge < -0.3 is 19.0 Å². The van der Waals surface area contributed by atoms with Crippen molar-refractivity contribution in [2.24, 2.45) is 0 Å². The average Bonchev–Trinajstić information content (AvgIpc) is 3.61. The second-order valence-electron chi connectivity index (χ2n) is 10.2. The van der Waals surface area contributed by atoms with Gasteiger partial charge in [-0.2, -0.15) is 0 Å². The first-order chi connectivity index (χ1) is 19.2. The van der Waals surface area contributed by atoms with E-state index >= 15 is 0 Å². The van der Waals surface area contributed by atoms with Crippen LogP contribution in [0.3, 0.4) is 0 Å². The molecule has 40 heavy (non-hydrogen) atoms. The highest BCUT2D eigenvalue weighted by atomic mass is 32.2. The Balaban J connectivity index is 1.48. The first-order valence-electron chi connectivity index (χ1n) is 12.8. The summed E-state index contributed by atoms with van der Waals surface area (Å²) in [6.45, 7) is 0.207. The number of nitrogens with zero attached hydrogens (tertiary/aromatic N) is 3. The van der Waals surface area contributed by atoms with Crippen molar-refractivity contribution in [3.8, 4) is 28.4 Å². The number of rotatable bonds is 5. The summed E-state index contributed by atoms with van der Waals surface area (Å²) in [7, 11) is -0.625. The van der Waals surface area contributed by atoms with Gasteiger partial charge in [-0.25, -0.2) is 17.8 Å². The lowest BCUT2D eigenvalue weighted by atomic mass is 10.0. The van der Waals surface area contributed by atoms with Crippen molar-refractivity contribution >= 4 is 43.5 Å². The lowest BCUT2D eigenvalue weighted by Crippen LogP contribution is -2.25. The van der Waals surface area contributed by atoms with E-state index in [1.54, 1.807) is 43.4 Å². The van der Waals surface area contributed by atoms with Crippen molar-refractivity contribution in [2.45, 2.75) is 25.5 Å². The molecule has 4 heterocycles. The van der Waals surface area contributed by atoms with E-state index < -0.39 is 10.0 Å². The molecule has 0 bridgehead atoms. The minimum atomic E-state index is -3.66. The molecule has 0 radical (unpaired) electrons. The van der Waals surface area contributed by atoms with Crippen molar-refractivity contribution in [1.29, 1.82) is 0 Å². The highest BCUT2D eigenvalue weighted by Crippen LogP contribution is 2.47. The molecule has 2 aromatic carbocycles. The maximum absolute atomic E-state index is 14.6. The standard InChI is InChI=1S/C29H25FN4O5S/c1-31-29(35)26-18-11-17(22(33(2)40(3,36)37)13-25(18)39-28(26)15-7-8-15)20-9-10-24-27(32-20)23-12-16-19(30)5-4-6-21(16)34(23)14-38-24/h4-6,9-13,15H,7-8,14H2,1-3H3,(H,31,35). The lowest BCUT2D eigenvalue weighted by Gasteiger charge is -2.23. The summed E-state index contributed by atoms with van der Waals surface area (Å²) in [5, 5.41) is 3.74. The molecule has 1 saturated carbocycles. The topological polar surface area (TPSA) is 107 Å². The molecule has 7 rings (SSSR count). The van der Waals surface area contributed by atoms with Gasteiger partial charge in [-0.15, -0.1) is 0 Å². The Labute approximate surface area is 229 Å². The van der Waals surface area contributed by atoms with Crippen LogP contribution in [0.4, 0.5) is 10.1 Å². The zero-order valence-corrected chi connectivity index (χ0v) is 22.8. The summed E-state index contributed by atoms with van der Waals surface area (Å²) < 4.78 is 55.1. The minimum absolute atomic E-state index is 0.153. The number of furan rings is 1. The number of benzene rings is 2. The zero-order valence-electron chi connectivity index (χ0n) is 22.0. The van der Waals surface area contributed by atoms with Crippen molar-refractivity contribution in [1.82, 2.24) is 14.9 Å². The fourth-order valence-electron chi connectivity index (χ4n) is 5.40. The molecule has 3 aromatic heterocycles. The van der Waals surface area contributed by atoms with Gasteiger partial charge in [-0.05, 0) is 49.2 Å². The minimum Gasteiger partial charge on any atom is -0.470 e. The number of pyridine rings is 1. The lowest BCUT2D eigenvalue weighted by molar-refractivity contribution is 0.0962. The number of amides is 1. The maximum Gasteiger partial charge on any atom is 0.255 e. The average molecular weight is 561 g/mol. The number of ether oxygens (including phenoxy) is 1. The highest BCUT2D eigenvalue weighted by molar-refractivity contribution is 7.92. The van der Waals surface area contributed by atoms with E-state index in [2.05, 4.69) is 5.32 Å². The summed E-state index contributed by atoms with van der Waals surface area (Å²) >= 11 is 0. The number of anilines is 1. The number of carbonyl (C=O) groups is 1. The van der Waals surface area contributed by atoms with Crippen molar-refractivity contribution in [3.63, 3.8) is 0 Å². The van der Waals surface area contributed by atoms with E-state index in [1.165, 1.54) is 17.4 Å². The van der Waals surface area contributed by atoms with Crippen LogP contribution in [0.15, 0.2) is 52.9 Å². The van der Waals surface area contributed by atoms with Gasteiger partial charge in [0.1, 0.15) is 28.6 Å². The number of halogens is 1. The molecule has 1 N–H and O–H groups in total. The van der Waals surface area contributed by atoms with Crippen LogP contribution in [0.25, 0.3) is 44.5 Å². The van der Waals surface area contributed by atoms with Crippen LogP contribution in [0.1, 0.15) is 34.9 Å². The smallest absolute Gasteiger partial charge is 0.255 e. The molecule has 9 nitrogen and oxygen atoms in total. The summed E-state index contributed by atoms with van der Waals surface area (Å²) in [6.07, 6.45) is 2.97. The summed E-state index contributed by atoms with van der Waals surface area (Å²) in [5.74, 6) is 0.684. The van der Waals surface area contributed by atoms with Crippen LogP contribution in [0, 0.1) is 5.82 Å². The number of aromatic nitrogens is 2.